The van der Waals surface area contributed by atoms with Gasteiger partial charge in [0.2, 0.25) is 0 Å². The molecule has 0 heterocycles. The standard InChI is InChI=1S/C21H34OSi/c1-18(2)15-21(16-19(3)17-23(4,5)6)22-14-10-13-20-11-8-7-9-12-20/h7-13,18,21H,3,14-17H2,1-2,4-6H3/b13-10+/t21-/m0/s1. The van der Waals surface area contributed by atoms with E-state index in [4.69, 9.17) is 4.74 Å². The third kappa shape index (κ3) is 10.3. The highest BCUT2D eigenvalue weighted by atomic mass is 28.3. The molecule has 0 unspecified atom stereocenters. The lowest BCUT2D eigenvalue weighted by Crippen LogP contribution is -2.23. The molecule has 1 atom stereocenters. The van der Waals surface area contributed by atoms with Crippen molar-refractivity contribution in [3.05, 3.63) is 54.1 Å². The summed E-state index contributed by atoms with van der Waals surface area (Å²) in [6.45, 7) is 16.7. The molecule has 0 radical (unpaired) electrons. The van der Waals surface area contributed by atoms with E-state index < -0.39 is 8.07 Å². The molecule has 2 heteroatoms. The van der Waals surface area contributed by atoms with Crippen LogP contribution in [0.4, 0.5) is 0 Å². The minimum absolute atomic E-state index is 0.291. The van der Waals surface area contributed by atoms with Crippen LogP contribution >= 0.6 is 0 Å². The molecule has 0 aromatic heterocycles. The maximum absolute atomic E-state index is 6.13. The summed E-state index contributed by atoms with van der Waals surface area (Å²) < 4.78 is 6.13. The highest BCUT2D eigenvalue weighted by Crippen LogP contribution is 2.22. The van der Waals surface area contributed by atoms with Crippen LogP contribution in [0.1, 0.15) is 32.3 Å². The van der Waals surface area contributed by atoms with Crippen molar-refractivity contribution in [3.63, 3.8) is 0 Å². The van der Waals surface area contributed by atoms with Crippen molar-refractivity contribution in [2.45, 2.75) is 58.5 Å². The summed E-state index contributed by atoms with van der Waals surface area (Å²) >= 11 is 0. The topological polar surface area (TPSA) is 9.23 Å². The number of ether oxygens (including phenoxy) is 1. The van der Waals surface area contributed by atoms with Gasteiger partial charge in [-0.25, -0.2) is 0 Å². The molecule has 0 bridgehead atoms. The molecule has 0 amide bonds. The molecule has 0 aliphatic rings. The van der Waals surface area contributed by atoms with Crippen LogP contribution in [0.25, 0.3) is 6.08 Å². The fraction of sp³-hybridized carbons (Fsp3) is 0.524. The quantitative estimate of drug-likeness (QED) is 0.355. The van der Waals surface area contributed by atoms with Crippen molar-refractivity contribution in [1.29, 1.82) is 0 Å². The van der Waals surface area contributed by atoms with E-state index in [0.717, 1.165) is 12.8 Å². The molecule has 128 valence electrons. The first-order valence-electron chi connectivity index (χ1n) is 8.76. The Morgan fingerprint density at radius 2 is 1.83 bits per heavy atom. The second-order valence-electron chi connectivity index (χ2n) is 8.09. The molecule has 1 rings (SSSR count). The highest BCUT2D eigenvalue weighted by molar-refractivity contribution is 6.76. The van der Waals surface area contributed by atoms with Crippen molar-refractivity contribution >= 4 is 14.1 Å². The Labute approximate surface area is 144 Å². The van der Waals surface area contributed by atoms with Crippen molar-refractivity contribution < 1.29 is 4.74 Å². The summed E-state index contributed by atoms with van der Waals surface area (Å²) in [4.78, 5) is 0. The predicted molar refractivity (Wildman–Crippen MR) is 107 cm³/mol. The molecular weight excluding hydrogens is 296 g/mol. The fourth-order valence-electron chi connectivity index (χ4n) is 2.82. The summed E-state index contributed by atoms with van der Waals surface area (Å²) in [5.41, 5.74) is 2.58. The average molecular weight is 331 g/mol. The molecule has 1 nitrogen and oxygen atoms in total. The van der Waals surface area contributed by atoms with E-state index in [0.29, 0.717) is 18.6 Å². The maximum atomic E-state index is 6.13. The lowest BCUT2D eigenvalue weighted by Gasteiger charge is -2.23. The zero-order valence-electron chi connectivity index (χ0n) is 15.6. The summed E-state index contributed by atoms with van der Waals surface area (Å²) in [7, 11) is -1.08. The summed E-state index contributed by atoms with van der Waals surface area (Å²) in [6.07, 6.45) is 6.64. The normalized spacial score (nSPS) is 13.7. The van der Waals surface area contributed by atoms with Crippen LogP contribution in [0, 0.1) is 5.92 Å². The third-order valence-corrected chi connectivity index (χ3v) is 5.13. The largest absolute Gasteiger partial charge is 0.374 e. The van der Waals surface area contributed by atoms with E-state index in [9.17, 15) is 0 Å². The second-order valence-corrected chi connectivity index (χ2v) is 13.6. The van der Waals surface area contributed by atoms with E-state index in [1.807, 2.05) is 6.07 Å². The molecule has 0 saturated carbocycles. The Morgan fingerprint density at radius 3 is 2.39 bits per heavy atom. The minimum Gasteiger partial charge on any atom is -0.374 e. The minimum atomic E-state index is -1.08. The first-order chi connectivity index (χ1) is 10.8. The van der Waals surface area contributed by atoms with Gasteiger partial charge in [-0.05, 0) is 30.4 Å². The Hall–Kier alpha value is -1.12. The van der Waals surface area contributed by atoms with Crippen LogP contribution in [0.2, 0.25) is 25.7 Å². The van der Waals surface area contributed by atoms with Crippen molar-refractivity contribution in [2.75, 3.05) is 6.61 Å². The van der Waals surface area contributed by atoms with Gasteiger partial charge in [-0.15, -0.1) is 6.58 Å². The van der Waals surface area contributed by atoms with E-state index in [1.54, 1.807) is 0 Å². The molecule has 0 aliphatic carbocycles. The van der Waals surface area contributed by atoms with Gasteiger partial charge in [-0.1, -0.05) is 81.5 Å². The van der Waals surface area contributed by atoms with Crippen LogP contribution in [-0.2, 0) is 4.74 Å². The number of hydrogen-bond donors (Lipinski definition) is 0. The lowest BCUT2D eigenvalue weighted by molar-refractivity contribution is 0.0592. The zero-order valence-corrected chi connectivity index (χ0v) is 16.6. The van der Waals surface area contributed by atoms with Crippen LogP contribution in [-0.4, -0.2) is 20.8 Å². The third-order valence-electron chi connectivity index (χ3n) is 3.57. The Balaban J connectivity index is 2.48. The summed E-state index contributed by atoms with van der Waals surface area (Å²) in [5, 5.41) is 0. The van der Waals surface area contributed by atoms with Gasteiger partial charge in [0.05, 0.1) is 12.7 Å². The number of hydrogen-bond acceptors (Lipinski definition) is 1. The van der Waals surface area contributed by atoms with Crippen molar-refractivity contribution in [2.24, 2.45) is 5.92 Å². The second kappa shape index (κ2) is 9.89. The van der Waals surface area contributed by atoms with Crippen molar-refractivity contribution in [1.82, 2.24) is 0 Å². The highest BCUT2D eigenvalue weighted by Gasteiger charge is 2.18. The molecule has 0 spiro atoms. The van der Waals surface area contributed by atoms with E-state index in [1.165, 1.54) is 17.2 Å². The predicted octanol–water partition coefficient (Wildman–Crippen LogP) is 6.42. The summed E-state index contributed by atoms with van der Waals surface area (Å²) in [5.74, 6) is 0.651. The van der Waals surface area contributed by atoms with Crippen LogP contribution in [0.3, 0.4) is 0 Å². The molecule has 23 heavy (non-hydrogen) atoms. The molecule has 1 aromatic rings. The van der Waals surface area contributed by atoms with Gasteiger partial charge < -0.3 is 4.74 Å². The van der Waals surface area contributed by atoms with E-state index >= 15 is 0 Å². The first-order valence-corrected chi connectivity index (χ1v) is 12.5. The molecule has 0 aliphatic heterocycles. The van der Waals surface area contributed by atoms with Gasteiger partial charge in [-0.2, -0.15) is 0 Å². The summed E-state index contributed by atoms with van der Waals surface area (Å²) in [6, 6.07) is 11.6. The lowest BCUT2D eigenvalue weighted by atomic mass is 10.0. The monoisotopic (exact) mass is 330 g/mol. The molecule has 0 saturated heterocycles. The van der Waals surface area contributed by atoms with Gasteiger partial charge >= 0.3 is 0 Å². The van der Waals surface area contributed by atoms with Gasteiger partial charge in [0, 0.05) is 8.07 Å². The van der Waals surface area contributed by atoms with Gasteiger partial charge in [-0.3, -0.25) is 0 Å². The Morgan fingerprint density at radius 1 is 1.17 bits per heavy atom. The fourth-order valence-corrected chi connectivity index (χ4v) is 4.46. The van der Waals surface area contributed by atoms with Gasteiger partial charge in [0.25, 0.3) is 0 Å². The van der Waals surface area contributed by atoms with Crippen LogP contribution in [0.15, 0.2) is 48.6 Å². The molecule has 0 fully saturated rings. The molecular formula is C21H34OSi. The van der Waals surface area contributed by atoms with Crippen LogP contribution in [0.5, 0.6) is 0 Å². The zero-order chi connectivity index (χ0) is 17.3. The van der Waals surface area contributed by atoms with Crippen LogP contribution < -0.4 is 0 Å². The van der Waals surface area contributed by atoms with Crippen molar-refractivity contribution in [3.8, 4) is 0 Å². The molecule has 0 N–H and O–H groups in total. The number of rotatable bonds is 10. The Kier molecular flexibility index (Phi) is 8.57. The first kappa shape index (κ1) is 19.9. The van der Waals surface area contributed by atoms with E-state index in [2.05, 4.69) is 76.5 Å². The Bertz CT molecular complexity index is 482. The number of benzene rings is 1. The van der Waals surface area contributed by atoms with Gasteiger partial charge in [0.1, 0.15) is 0 Å². The maximum Gasteiger partial charge on any atom is 0.0654 e. The SMILES string of the molecule is C=C(C[C@H](CC(C)C)OC/C=C/c1ccccc1)C[Si](C)(C)C. The van der Waals surface area contributed by atoms with E-state index in [-0.39, 0.29) is 0 Å². The molecule has 1 aromatic carbocycles. The van der Waals surface area contributed by atoms with Gasteiger partial charge in [0.15, 0.2) is 0 Å². The smallest absolute Gasteiger partial charge is 0.0654 e. The average Bonchev–Trinajstić information content (AvgIpc) is 2.41.